The normalized spacial score (nSPS) is 25.3. The van der Waals surface area contributed by atoms with E-state index in [1.54, 1.807) is 6.07 Å². The minimum Gasteiger partial charge on any atom is -0.325 e. The molecule has 0 spiro atoms. The molecule has 4 nitrogen and oxygen atoms in total. The van der Waals surface area contributed by atoms with E-state index in [9.17, 15) is 13.2 Å². The van der Waals surface area contributed by atoms with Crippen molar-refractivity contribution >= 4 is 49.0 Å². The Hall–Kier alpha value is -0.590. The van der Waals surface area contributed by atoms with E-state index in [0.29, 0.717) is 17.9 Å². The van der Waals surface area contributed by atoms with Gasteiger partial charge < -0.3 is 5.32 Å². The molecule has 0 aromatic heterocycles. The number of amides is 1. The van der Waals surface area contributed by atoms with Crippen molar-refractivity contribution < 1.29 is 13.2 Å². The molecule has 3 rings (SSSR count). The van der Waals surface area contributed by atoms with Crippen molar-refractivity contribution in [2.75, 3.05) is 16.8 Å². The van der Waals surface area contributed by atoms with Gasteiger partial charge in [0.2, 0.25) is 5.91 Å². The summed E-state index contributed by atoms with van der Waals surface area (Å²) < 4.78 is 23.2. The topological polar surface area (TPSA) is 63.2 Å². The molecule has 108 valence electrons. The molecule has 1 N–H and O–H groups in total. The Bertz CT molecular complexity index is 689. The van der Waals surface area contributed by atoms with E-state index < -0.39 is 9.84 Å². The number of halogens is 2. The van der Waals surface area contributed by atoms with Gasteiger partial charge in [-0.3, -0.25) is 4.79 Å². The second-order valence-corrected chi connectivity index (χ2v) is 8.94. The second-order valence-electron chi connectivity index (χ2n) is 5.32. The summed E-state index contributed by atoms with van der Waals surface area (Å²) in [5.41, 5.74) is 2.53. The maximum atomic E-state index is 11.6. The summed E-state index contributed by atoms with van der Waals surface area (Å²) in [6.45, 7) is 0. The van der Waals surface area contributed by atoms with Gasteiger partial charge in [0.1, 0.15) is 0 Å². The standard InChI is InChI=1S/C13H13BrClNO3S/c14-13(7-1-2-20(18,19)6-7)9-3-8-4-12(17)16-11(8)5-10(9)15/h3,5,7,13H,1-2,4,6H2,(H,16,17). The molecule has 1 amide bonds. The maximum absolute atomic E-state index is 11.6. The van der Waals surface area contributed by atoms with Crippen molar-refractivity contribution in [2.45, 2.75) is 17.7 Å². The first kappa shape index (κ1) is 14.4. The van der Waals surface area contributed by atoms with Crippen LogP contribution in [0.2, 0.25) is 5.02 Å². The monoisotopic (exact) mass is 377 g/mol. The Kier molecular flexibility index (Phi) is 3.59. The van der Waals surface area contributed by atoms with E-state index in [4.69, 9.17) is 11.6 Å². The number of hydrogen-bond acceptors (Lipinski definition) is 3. The van der Waals surface area contributed by atoms with Gasteiger partial charge in [-0.1, -0.05) is 33.6 Å². The van der Waals surface area contributed by atoms with Crippen LogP contribution in [-0.2, 0) is 21.1 Å². The van der Waals surface area contributed by atoms with Crippen LogP contribution in [0.5, 0.6) is 0 Å². The zero-order chi connectivity index (χ0) is 14.5. The molecule has 0 saturated carbocycles. The number of sulfone groups is 1. The van der Waals surface area contributed by atoms with Gasteiger partial charge in [0, 0.05) is 15.5 Å². The molecule has 20 heavy (non-hydrogen) atoms. The van der Waals surface area contributed by atoms with Gasteiger partial charge in [-0.25, -0.2) is 8.42 Å². The molecule has 7 heteroatoms. The van der Waals surface area contributed by atoms with Gasteiger partial charge in [-0.15, -0.1) is 0 Å². The van der Waals surface area contributed by atoms with Crippen LogP contribution in [0.15, 0.2) is 12.1 Å². The molecular formula is C13H13BrClNO3S. The van der Waals surface area contributed by atoms with E-state index in [1.165, 1.54) is 0 Å². The fraction of sp³-hybridized carbons (Fsp3) is 0.462. The molecular weight excluding hydrogens is 366 g/mol. The first-order valence-electron chi connectivity index (χ1n) is 6.32. The molecule has 2 atom stereocenters. The van der Waals surface area contributed by atoms with Gasteiger partial charge in [0.05, 0.1) is 17.9 Å². The Morgan fingerprint density at radius 2 is 2.15 bits per heavy atom. The summed E-state index contributed by atoms with van der Waals surface area (Å²) in [5, 5.41) is 3.31. The number of benzene rings is 1. The first-order chi connectivity index (χ1) is 9.35. The van der Waals surface area contributed by atoms with E-state index in [1.807, 2.05) is 6.07 Å². The van der Waals surface area contributed by atoms with Crippen LogP contribution in [0, 0.1) is 5.92 Å². The Labute approximate surface area is 130 Å². The van der Waals surface area contributed by atoms with Crippen LogP contribution in [0.4, 0.5) is 5.69 Å². The third-order valence-corrected chi connectivity index (χ3v) is 7.19. The number of carbonyl (C=O) groups excluding carboxylic acids is 1. The van der Waals surface area contributed by atoms with Gasteiger partial charge in [-0.2, -0.15) is 0 Å². The number of anilines is 1. The Morgan fingerprint density at radius 3 is 2.80 bits per heavy atom. The van der Waals surface area contributed by atoms with Gasteiger partial charge in [0.25, 0.3) is 0 Å². The molecule has 2 aliphatic heterocycles. The minimum atomic E-state index is -2.92. The molecule has 1 saturated heterocycles. The zero-order valence-corrected chi connectivity index (χ0v) is 13.7. The molecule has 2 heterocycles. The molecule has 0 radical (unpaired) electrons. The van der Waals surface area contributed by atoms with Crippen LogP contribution in [-0.4, -0.2) is 25.8 Å². The summed E-state index contributed by atoms with van der Waals surface area (Å²) in [4.78, 5) is 11.3. The maximum Gasteiger partial charge on any atom is 0.228 e. The molecule has 2 unspecified atom stereocenters. The summed E-state index contributed by atoms with van der Waals surface area (Å²) in [5.74, 6) is 0.416. The highest BCUT2D eigenvalue weighted by molar-refractivity contribution is 9.09. The SMILES string of the molecule is O=C1Cc2cc(C(Br)C3CCS(=O)(=O)C3)c(Cl)cc2N1. The number of hydrogen-bond donors (Lipinski definition) is 1. The molecule has 0 bridgehead atoms. The fourth-order valence-electron chi connectivity index (χ4n) is 2.79. The summed E-state index contributed by atoms with van der Waals surface area (Å²) in [6.07, 6.45) is 0.991. The number of rotatable bonds is 2. The highest BCUT2D eigenvalue weighted by Gasteiger charge is 2.34. The van der Waals surface area contributed by atoms with Crippen LogP contribution < -0.4 is 5.32 Å². The van der Waals surface area contributed by atoms with Gasteiger partial charge in [0.15, 0.2) is 9.84 Å². The highest BCUT2D eigenvalue weighted by Crippen LogP contribution is 2.42. The Balaban J connectivity index is 1.91. The molecule has 1 fully saturated rings. The molecule has 1 aromatic rings. The number of nitrogens with one attached hydrogen (secondary N) is 1. The third kappa shape index (κ3) is 2.61. The van der Waals surface area contributed by atoms with E-state index in [0.717, 1.165) is 16.8 Å². The van der Waals surface area contributed by atoms with E-state index in [2.05, 4.69) is 21.2 Å². The number of fused-ring (bicyclic) bond motifs is 1. The summed E-state index contributed by atoms with van der Waals surface area (Å²) >= 11 is 9.85. The number of carbonyl (C=O) groups is 1. The zero-order valence-electron chi connectivity index (χ0n) is 10.5. The van der Waals surface area contributed by atoms with Crippen molar-refractivity contribution in [1.82, 2.24) is 0 Å². The average Bonchev–Trinajstić information content (AvgIpc) is 2.88. The lowest BCUT2D eigenvalue weighted by molar-refractivity contribution is -0.115. The van der Waals surface area contributed by atoms with Crippen LogP contribution >= 0.6 is 27.5 Å². The Morgan fingerprint density at radius 1 is 1.40 bits per heavy atom. The average molecular weight is 379 g/mol. The van der Waals surface area contributed by atoms with E-state index >= 15 is 0 Å². The predicted octanol–water partition coefficient (Wildman–Crippen LogP) is 2.71. The largest absolute Gasteiger partial charge is 0.325 e. The molecule has 0 aliphatic carbocycles. The van der Waals surface area contributed by atoms with Crippen molar-refractivity contribution in [3.63, 3.8) is 0 Å². The lowest BCUT2D eigenvalue weighted by atomic mass is 9.96. The lowest BCUT2D eigenvalue weighted by Crippen LogP contribution is -2.10. The van der Waals surface area contributed by atoms with Gasteiger partial charge >= 0.3 is 0 Å². The molecule has 2 aliphatic rings. The van der Waals surface area contributed by atoms with Crippen LogP contribution in [0.25, 0.3) is 0 Å². The van der Waals surface area contributed by atoms with Crippen molar-refractivity contribution in [2.24, 2.45) is 5.92 Å². The van der Waals surface area contributed by atoms with E-state index in [-0.39, 0.29) is 28.2 Å². The van der Waals surface area contributed by atoms with Crippen molar-refractivity contribution in [1.29, 1.82) is 0 Å². The second kappa shape index (κ2) is 5.00. The smallest absolute Gasteiger partial charge is 0.228 e. The lowest BCUT2D eigenvalue weighted by Gasteiger charge is -2.18. The van der Waals surface area contributed by atoms with Crippen molar-refractivity contribution in [3.05, 3.63) is 28.3 Å². The fourth-order valence-corrected chi connectivity index (χ4v) is 6.12. The summed E-state index contributed by atoms with van der Waals surface area (Å²) in [6, 6.07) is 3.65. The summed E-state index contributed by atoms with van der Waals surface area (Å²) in [7, 11) is -2.92. The minimum absolute atomic E-state index is 0.0283. The number of alkyl halides is 1. The predicted molar refractivity (Wildman–Crippen MR) is 82.2 cm³/mol. The van der Waals surface area contributed by atoms with Gasteiger partial charge in [-0.05, 0) is 29.5 Å². The quantitative estimate of drug-likeness (QED) is 0.805. The highest BCUT2D eigenvalue weighted by atomic mass is 79.9. The van der Waals surface area contributed by atoms with Crippen molar-refractivity contribution in [3.8, 4) is 0 Å². The first-order valence-corrected chi connectivity index (χ1v) is 9.44. The van der Waals surface area contributed by atoms with Crippen LogP contribution in [0.3, 0.4) is 0 Å². The van der Waals surface area contributed by atoms with Crippen LogP contribution in [0.1, 0.15) is 22.4 Å². The third-order valence-electron chi connectivity index (χ3n) is 3.83. The molecule has 1 aromatic carbocycles.